The Labute approximate surface area is 81.7 Å². The maximum atomic E-state index is 5.29. The monoisotopic (exact) mass is 198 g/mol. The Hall–Kier alpha value is -0.740. The van der Waals surface area contributed by atoms with E-state index in [0.29, 0.717) is 5.11 Å². The number of rotatable bonds is 2. The standard InChI is InChI=1S/C8H10N2S2/c1-6-4-2-3-5-7(6)12-10-8(9)11/h2-5H,1H3,(H3,9,10,11). The van der Waals surface area contributed by atoms with Gasteiger partial charge in [0.1, 0.15) is 0 Å². The van der Waals surface area contributed by atoms with Gasteiger partial charge in [0.25, 0.3) is 0 Å². The molecule has 12 heavy (non-hydrogen) atoms. The maximum absolute atomic E-state index is 5.29. The predicted octanol–water partition coefficient (Wildman–Crippen LogP) is 1.84. The van der Waals surface area contributed by atoms with Crippen LogP contribution in [0, 0.1) is 6.92 Å². The van der Waals surface area contributed by atoms with Gasteiger partial charge >= 0.3 is 0 Å². The lowest BCUT2D eigenvalue weighted by atomic mass is 10.2. The minimum atomic E-state index is 0.309. The fourth-order valence-corrected chi connectivity index (χ4v) is 1.49. The van der Waals surface area contributed by atoms with Crippen molar-refractivity contribution in [2.24, 2.45) is 5.73 Å². The molecule has 1 rings (SSSR count). The van der Waals surface area contributed by atoms with Gasteiger partial charge in [-0.3, -0.25) is 0 Å². The SMILES string of the molecule is Cc1ccccc1SNC(N)=S. The third kappa shape index (κ3) is 2.71. The summed E-state index contributed by atoms with van der Waals surface area (Å²) in [5, 5.41) is 0.309. The molecule has 0 saturated carbocycles. The van der Waals surface area contributed by atoms with Crippen molar-refractivity contribution in [1.29, 1.82) is 0 Å². The maximum Gasteiger partial charge on any atom is 0.173 e. The molecule has 1 aromatic rings. The lowest BCUT2D eigenvalue weighted by Gasteiger charge is -2.04. The average Bonchev–Trinajstić information content (AvgIpc) is 2.03. The van der Waals surface area contributed by atoms with Crippen LogP contribution in [-0.2, 0) is 0 Å². The van der Waals surface area contributed by atoms with E-state index >= 15 is 0 Å². The van der Waals surface area contributed by atoms with Crippen molar-refractivity contribution in [1.82, 2.24) is 4.72 Å². The number of nitrogens with one attached hydrogen (secondary N) is 1. The van der Waals surface area contributed by atoms with Crippen molar-refractivity contribution in [2.75, 3.05) is 0 Å². The largest absolute Gasteiger partial charge is 0.376 e. The predicted molar refractivity (Wildman–Crippen MR) is 57.0 cm³/mol. The molecule has 0 saturated heterocycles. The average molecular weight is 198 g/mol. The van der Waals surface area contributed by atoms with Crippen LogP contribution in [0.2, 0.25) is 0 Å². The second-order valence-corrected chi connectivity index (χ2v) is 3.62. The summed E-state index contributed by atoms with van der Waals surface area (Å²) >= 11 is 6.12. The summed E-state index contributed by atoms with van der Waals surface area (Å²) in [7, 11) is 0. The minimum absolute atomic E-state index is 0.309. The smallest absolute Gasteiger partial charge is 0.173 e. The van der Waals surface area contributed by atoms with Crippen molar-refractivity contribution in [3.05, 3.63) is 29.8 Å². The topological polar surface area (TPSA) is 38.0 Å². The van der Waals surface area contributed by atoms with E-state index in [1.54, 1.807) is 0 Å². The molecule has 4 heteroatoms. The molecule has 0 aliphatic rings. The molecule has 3 N–H and O–H groups in total. The van der Waals surface area contributed by atoms with Gasteiger partial charge in [0.2, 0.25) is 0 Å². The Morgan fingerprint density at radius 3 is 2.75 bits per heavy atom. The van der Waals surface area contributed by atoms with Gasteiger partial charge in [-0.1, -0.05) is 18.2 Å². The first-order chi connectivity index (χ1) is 5.70. The molecule has 0 radical (unpaired) electrons. The zero-order valence-corrected chi connectivity index (χ0v) is 8.34. The number of thiocarbonyl (C=S) groups is 1. The van der Waals surface area contributed by atoms with E-state index in [1.165, 1.54) is 17.5 Å². The van der Waals surface area contributed by atoms with Crippen LogP contribution >= 0.6 is 24.2 Å². The van der Waals surface area contributed by atoms with E-state index in [2.05, 4.69) is 16.9 Å². The summed E-state index contributed by atoms with van der Waals surface area (Å²) in [6, 6.07) is 8.05. The Morgan fingerprint density at radius 1 is 1.50 bits per heavy atom. The molecule has 0 bridgehead atoms. The highest BCUT2D eigenvalue weighted by Gasteiger charge is 1.96. The summed E-state index contributed by atoms with van der Waals surface area (Å²) in [5.41, 5.74) is 6.50. The molecule has 0 fully saturated rings. The van der Waals surface area contributed by atoms with Gasteiger partial charge in [0.15, 0.2) is 5.11 Å². The fourth-order valence-electron chi connectivity index (χ4n) is 0.776. The summed E-state index contributed by atoms with van der Waals surface area (Å²) in [5.74, 6) is 0. The van der Waals surface area contributed by atoms with Crippen molar-refractivity contribution in [2.45, 2.75) is 11.8 Å². The van der Waals surface area contributed by atoms with Gasteiger partial charge in [0, 0.05) is 4.90 Å². The van der Waals surface area contributed by atoms with Crippen LogP contribution in [-0.4, -0.2) is 5.11 Å². The molecule has 64 valence electrons. The molecule has 0 spiro atoms. The fraction of sp³-hybridized carbons (Fsp3) is 0.125. The molecule has 0 amide bonds. The number of nitrogens with two attached hydrogens (primary N) is 1. The van der Waals surface area contributed by atoms with E-state index in [9.17, 15) is 0 Å². The minimum Gasteiger partial charge on any atom is -0.376 e. The van der Waals surface area contributed by atoms with Crippen LogP contribution in [0.15, 0.2) is 29.2 Å². The van der Waals surface area contributed by atoms with Crippen molar-refractivity contribution < 1.29 is 0 Å². The van der Waals surface area contributed by atoms with Crippen LogP contribution < -0.4 is 10.5 Å². The van der Waals surface area contributed by atoms with Gasteiger partial charge in [-0.15, -0.1) is 0 Å². The van der Waals surface area contributed by atoms with Crippen LogP contribution in [0.4, 0.5) is 0 Å². The molecule has 2 nitrogen and oxygen atoms in total. The summed E-state index contributed by atoms with van der Waals surface area (Å²) < 4.78 is 2.83. The Morgan fingerprint density at radius 2 is 2.17 bits per heavy atom. The first-order valence-corrected chi connectivity index (χ1v) is 4.70. The summed E-state index contributed by atoms with van der Waals surface area (Å²) in [6.07, 6.45) is 0. The summed E-state index contributed by atoms with van der Waals surface area (Å²) in [4.78, 5) is 1.14. The lowest BCUT2D eigenvalue weighted by molar-refractivity contribution is 1.29. The quantitative estimate of drug-likeness (QED) is 0.562. The van der Waals surface area contributed by atoms with E-state index < -0.39 is 0 Å². The Bertz CT molecular complexity index is 286. The molecule has 0 aromatic heterocycles. The van der Waals surface area contributed by atoms with E-state index in [-0.39, 0.29) is 0 Å². The van der Waals surface area contributed by atoms with Gasteiger partial charge in [0.05, 0.1) is 0 Å². The number of hydrogen-bond donors (Lipinski definition) is 2. The van der Waals surface area contributed by atoms with Crippen LogP contribution in [0.5, 0.6) is 0 Å². The van der Waals surface area contributed by atoms with Gasteiger partial charge < -0.3 is 10.5 Å². The normalized spacial score (nSPS) is 9.42. The van der Waals surface area contributed by atoms with Gasteiger partial charge in [-0.25, -0.2) is 0 Å². The highest BCUT2D eigenvalue weighted by Crippen LogP contribution is 2.18. The van der Waals surface area contributed by atoms with Crippen LogP contribution in [0.1, 0.15) is 5.56 Å². The molecular formula is C8H10N2S2. The van der Waals surface area contributed by atoms with Crippen LogP contribution in [0.25, 0.3) is 0 Å². The first-order valence-electron chi connectivity index (χ1n) is 3.48. The van der Waals surface area contributed by atoms with Crippen molar-refractivity contribution >= 4 is 29.3 Å². The van der Waals surface area contributed by atoms with Gasteiger partial charge in [-0.2, -0.15) is 0 Å². The van der Waals surface area contributed by atoms with Gasteiger partial charge in [-0.05, 0) is 42.7 Å². The molecule has 0 aliphatic heterocycles. The molecular weight excluding hydrogens is 188 g/mol. The third-order valence-corrected chi connectivity index (χ3v) is 2.59. The lowest BCUT2D eigenvalue weighted by Crippen LogP contribution is -2.22. The Balaban J connectivity index is 2.63. The summed E-state index contributed by atoms with van der Waals surface area (Å²) in [6.45, 7) is 2.05. The Kier molecular flexibility index (Phi) is 3.37. The van der Waals surface area contributed by atoms with E-state index in [4.69, 9.17) is 5.73 Å². The van der Waals surface area contributed by atoms with Crippen LogP contribution in [0.3, 0.4) is 0 Å². The zero-order valence-electron chi connectivity index (χ0n) is 6.70. The first kappa shape index (κ1) is 9.35. The molecule has 0 unspecified atom stereocenters. The number of hydrogen-bond acceptors (Lipinski definition) is 2. The second-order valence-electron chi connectivity index (χ2n) is 2.33. The van der Waals surface area contributed by atoms with Crippen molar-refractivity contribution in [3.8, 4) is 0 Å². The van der Waals surface area contributed by atoms with E-state index in [1.807, 2.05) is 31.2 Å². The third-order valence-electron chi connectivity index (χ3n) is 1.36. The molecule has 0 heterocycles. The van der Waals surface area contributed by atoms with E-state index in [0.717, 1.165) is 4.90 Å². The van der Waals surface area contributed by atoms with Crippen molar-refractivity contribution in [3.63, 3.8) is 0 Å². The highest BCUT2D eigenvalue weighted by atomic mass is 32.2. The molecule has 0 atom stereocenters. The number of benzene rings is 1. The number of aryl methyl sites for hydroxylation is 1. The zero-order chi connectivity index (χ0) is 8.97. The molecule has 1 aromatic carbocycles. The second kappa shape index (κ2) is 4.33. The molecule has 0 aliphatic carbocycles. The highest BCUT2D eigenvalue weighted by molar-refractivity contribution is 7.99.